The van der Waals surface area contributed by atoms with E-state index in [2.05, 4.69) is 25.8 Å². The maximum Gasteiger partial charge on any atom is 0.186 e. The van der Waals surface area contributed by atoms with Crippen LogP contribution in [0.25, 0.3) is 0 Å². The molecule has 0 aromatic carbocycles. The SMILES string of the molecule is OCC1COCCN1c1nc(Br)cs1. The Morgan fingerprint density at radius 3 is 3.29 bits per heavy atom. The van der Waals surface area contributed by atoms with E-state index >= 15 is 0 Å². The van der Waals surface area contributed by atoms with Gasteiger partial charge in [0.15, 0.2) is 5.13 Å². The molecule has 1 saturated heterocycles. The molecule has 1 aliphatic rings. The lowest BCUT2D eigenvalue weighted by Crippen LogP contribution is -2.47. The third-order valence-electron chi connectivity index (χ3n) is 2.15. The van der Waals surface area contributed by atoms with Gasteiger partial charge in [-0.1, -0.05) is 0 Å². The number of hydrogen-bond donors (Lipinski definition) is 1. The van der Waals surface area contributed by atoms with E-state index in [1.807, 2.05) is 5.38 Å². The van der Waals surface area contributed by atoms with Gasteiger partial charge < -0.3 is 14.7 Å². The molecule has 1 atom stereocenters. The van der Waals surface area contributed by atoms with Crippen molar-refractivity contribution in [2.45, 2.75) is 6.04 Å². The van der Waals surface area contributed by atoms with E-state index in [4.69, 9.17) is 4.74 Å². The Labute approximate surface area is 94.6 Å². The minimum absolute atomic E-state index is 0.0433. The predicted octanol–water partition coefficient (Wildman–Crippen LogP) is 1.10. The monoisotopic (exact) mass is 278 g/mol. The first-order chi connectivity index (χ1) is 6.81. The lowest BCUT2D eigenvalue weighted by Gasteiger charge is -2.34. The Hall–Kier alpha value is -0.170. The van der Waals surface area contributed by atoms with E-state index in [1.165, 1.54) is 0 Å². The number of thiazole rings is 1. The van der Waals surface area contributed by atoms with Gasteiger partial charge in [0, 0.05) is 11.9 Å². The van der Waals surface area contributed by atoms with Crippen molar-refractivity contribution in [3.05, 3.63) is 9.98 Å². The van der Waals surface area contributed by atoms with E-state index in [-0.39, 0.29) is 12.6 Å². The minimum atomic E-state index is 0.0433. The van der Waals surface area contributed by atoms with Gasteiger partial charge in [-0.05, 0) is 15.9 Å². The van der Waals surface area contributed by atoms with Crippen molar-refractivity contribution in [2.75, 3.05) is 31.3 Å². The van der Waals surface area contributed by atoms with Gasteiger partial charge in [-0.3, -0.25) is 0 Å². The van der Waals surface area contributed by atoms with Gasteiger partial charge in [0.1, 0.15) is 4.60 Å². The normalized spacial score (nSPS) is 22.7. The van der Waals surface area contributed by atoms with Crippen molar-refractivity contribution in [3.8, 4) is 0 Å². The van der Waals surface area contributed by atoms with Crippen molar-refractivity contribution >= 4 is 32.4 Å². The number of hydrogen-bond acceptors (Lipinski definition) is 5. The number of halogens is 1. The molecule has 6 heteroatoms. The molecule has 0 bridgehead atoms. The molecule has 1 fully saturated rings. The molecule has 1 unspecified atom stereocenters. The van der Waals surface area contributed by atoms with Crippen LogP contribution in [0.5, 0.6) is 0 Å². The van der Waals surface area contributed by atoms with Gasteiger partial charge in [-0.15, -0.1) is 11.3 Å². The maximum absolute atomic E-state index is 9.17. The van der Waals surface area contributed by atoms with Crippen molar-refractivity contribution in [3.63, 3.8) is 0 Å². The number of morpholine rings is 1. The second-order valence-electron chi connectivity index (χ2n) is 3.06. The first kappa shape index (κ1) is 10.4. The fourth-order valence-electron chi connectivity index (χ4n) is 1.44. The molecule has 1 aromatic rings. The van der Waals surface area contributed by atoms with Gasteiger partial charge in [-0.25, -0.2) is 4.98 Å². The van der Waals surface area contributed by atoms with Gasteiger partial charge in [0.05, 0.1) is 25.9 Å². The molecular formula is C8H11BrN2O2S. The second kappa shape index (κ2) is 4.57. The summed E-state index contributed by atoms with van der Waals surface area (Å²) in [5, 5.41) is 12.1. The summed E-state index contributed by atoms with van der Waals surface area (Å²) in [4.78, 5) is 6.42. The highest BCUT2D eigenvalue weighted by Crippen LogP contribution is 2.26. The minimum Gasteiger partial charge on any atom is -0.394 e. The molecule has 2 rings (SSSR count). The smallest absolute Gasteiger partial charge is 0.186 e. The highest BCUT2D eigenvalue weighted by Gasteiger charge is 2.24. The Morgan fingerprint density at radius 1 is 1.79 bits per heavy atom. The molecule has 0 spiro atoms. The summed E-state index contributed by atoms with van der Waals surface area (Å²) in [6.45, 7) is 2.18. The van der Waals surface area contributed by atoms with Crippen LogP contribution < -0.4 is 4.90 Å². The zero-order valence-corrected chi connectivity index (χ0v) is 9.92. The lowest BCUT2D eigenvalue weighted by molar-refractivity contribution is 0.0727. The molecule has 2 heterocycles. The van der Waals surface area contributed by atoms with Crippen LogP contribution in [-0.2, 0) is 4.74 Å². The highest BCUT2D eigenvalue weighted by molar-refractivity contribution is 9.10. The standard InChI is InChI=1S/C8H11BrN2O2S/c9-7-5-14-8(10-7)11-1-2-13-4-6(11)3-12/h5-6,12H,1-4H2. The number of anilines is 1. The second-order valence-corrected chi connectivity index (χ2v) is 4.71. The van der Waals surface area contributed by atoms with E-state index < -0.39 is 0 Å². The van der Waals surface area contributed by atoms with Gasteiger partial charge in [0.2, 0.25) is 0 Å². The predicted molar refractivity (Wildman–Crippen MR) is 58.9 cm³/mol. The summed E-state index contributed by atoms with van der Waals surface area (Å²) < 4.78 is 6.14. The van der Waals surface area contributed by atoms with Crippen LogP contribution in [0.4, 0.5) is 5.13 Å². The maximum atomic E-state index is 9.17. The third-order valence-corrected chi connectivity index (χ3v) is 3.74. The van der Waals surface area contributed by atoms with Crippen molar-refractivity contribution in [1.82, 2.24) is 4.98 Å². The highest BCUT2D eigenvalue weighted by atomic mass is 79.9. The first-order valence-corrected chi connectivity index (χ1v) is 6.05. The van der Waals surface area contributed by atoms with Crippen LogP contribution in [0.2, 0.25) is 0 Å². The summed E-state index contributed by atoms with van der Waals surface area (Å²) in [5.74, 6) is 0. The Morgan fingerprint density at radius 2 is 2.64 bits per heavy atom. The number of aliphatic hydroxyl groups excluding tert-OH is 1. The molecule has 0 amide bonds. The van der Waals surface area contributed by atoms with E-state index in [9.17, 15) is 5.11 Å². The number of ether oxygens (including phenoxy) is 1. The quantitative estimate of drug-likeness (QED) is 0.880. The van der Waals surface area contributed by atoms with E-state index in [1.54, 1.807) is 11.3 Å². The van der Waals surface area contributed by atoms with Crippen LogP contribution in [0.15, 0.2) is 9.98 Å². The molecule has 0 aliphatic carbocycles. The largest absolute Gasteiger partial charge is 0.394 e. The Kier molecular flexibility index (Phi) is 3.38. The van der Waals surface area contributed by atoms with Crippen LogP contribution in [0, 0.1) is 0 Å². The average Bonchev–Trinajstić information content (AvgIpc) is 2.65. The molecule has 0 radical (unpaired) electrons. The van der Waals surface area contributed by atoms with Crippen LogP contribution in [0.3, 0.4) is 0 Å². The summed E-state index contributed by atoms with van der Waals surface area (Å²) in [6.07, 6.45) is 0. The zero-order valence-electron chi connectivity index (χ0n) is 7.52. The first-order valence-electron chi connectivity index (χ1n) is 4.37. The number of rotatable bonds is 2. The molecule has 4 nitrogen and oxygen atoms in total. The van der Waals surface area contributed by atoms with Crippen LogP contribution >= 0.6 is 27.3 Å². The Bertz CT molecular complexity index is 307. The summed E-state index contributed by atoms with van der Waals surface area (Å²) in [5.41, 5.74) is 0. The van der Waals surface area contributed by atoms with Crippen molar-refractivity contribution < 1.29 is 9.84 Å². The zero-order chi connectivity index (χ0) is 9.97. The average molecular weight is 279 g/mol. The van der Waals surface area contributed by atoms with Crippen LogP contribution in [0.1, 0.15) is 0 Å². The van der Waals surface area contributed by atoms with E-state index in [0.717, 1.165) is 16.3 Å². The summed E-state index contributed by atoms with van der Waals surface area (Å²) in [6, 6.07) is 0.0433. The molecule has 1 N–H and O–H groups in total. The van der Waals surface area contributed by atoms with Crippen molar-refractivity contribution in [2.24, 2.45) is 0 Å². The summed E-state index contributed by atoms with van der Waals surface area (Å²) in [7, 11) is 0. The topological polar surface area (TPSA) is 45.6 Å². The molecule has 0 saturated carbocycles. The van der Waals surface area contributed by atoms with Crippen molar-refractivity contribution in [1.29, 1.82) is 0 Å². The fraction of sp³-hybridized carbons (Fsp3) is 0.625. The number of aliphatic hydroxyl groups is 1. The number of nitrogens with zero attached hydrogens (tertiary/aromatic N) is 2. The molecule has 1 aromatic heterocycles. The van der Waals surface area contributed by atoms with E-state index in [0.29, 0.717) is 13.2 Å². The molecule has 78 valence electrons. The third kappa shape index (κ3) is 2.08. The fourth-order valence-corrected chi connectivity index (χ4v) is 2.78. The molecule has 1 aliphatic heterocycles. The molecule has 14 heavy (non-hydrogen) atoms. The van der Waals surface area contributed by atoms with Gasteiger partial charge in [-0.2, -0.15) is 0 Å². The van der Waals surface area contributed by atoms with Crippen LogP contribution in [-0.4, -0.2) is 42.5 Å². The lowest BCUT2D eigenvalue weighted by atomic mass is 10.2. The van der Waals surface area contributed by atoms with Gasteiger partial charge in [0.25, 0.3) is 0 Å². The summed E-state index contributed by atoms with van der Waals surface area (Å²) >= 11 is 4.90. The Balaban J connectivity index is 2.14. The van der Waals surface area contributed by atoms with Gasteiger partial charge >= 0.3 is 0 Å². The molecular weight excluding hydrogens is 268 g/mol. The number of aromatic nitrogens is 1.